The second-order valence-corrected chi connectivity index (χ2v) is 10.5. The van der Waals surface area contributed by atoms with Gasteiger partial charge in [-0.3, -0.25) is 14.1 Å². The lowest BCUT2D eigenvalue weighted by molar-refractivity contribution is -0.126. The third-order valence-electron chi connectivity index (χ3n) is 6.81. The van der Waals surface area contributed by atoms with Crippen molar-refractivity contribution in [3.8, 4) is 5.69 Å². The van der Waals surface area contributed by atoms with Crippen LogP contribution >= 0.6 is 7.82 Å². The van der Waals surface area contributed by atoms with Gasteiger partial charge in [-0.05, 0) is 24.3 Å². The molecule has 3 aromatic heterocycles. The Hall–Kier alpha value is -4.56. The first-order valence-corrected chi connectivity index (χ1v) is 13.9. The summed E-state index contributed by atoms with van der Waals surface area (Å²) in [7, 11) is -4.92. The molecule has 16 heteroatoms. The highest BCUT2D eigenvalue weighted by atomic mass is 31.2. The summed E-state index contributed by atoms with van der Waals surface area (Å²) in [6.07, 6.45) is 5.48. The maximum absolute atomic E-state index is 15.2. The minimum absolute atomic E-state index is 0.0422. The Bertz CT molecular complexity index is 1830. The quantitative estimate of drug-likeness (QED) is 0.164. The molecule has 1 fully saturated rings. The van der Waals surface area contributed by atoms with Gasteiger partial charge < -0.3 is 24.2 Å². The van der Waals surface area contributed by atoms with E-state index in [2.05, 4.69) is 24.8 Å². The zero-order chi connectivity index (χ0) is 28.7. The fourth-order valence-corrected chi connectivity index (χ4v) is 5.22. The lowest BCUT2D eigenvalue weighted by atomic mass is 10.1. The first-order valence-electron chi connectivity index (χ1n) is 12.4. The highest BCUT2D eigenvalue weighted by molar-refractivity contribution is 7.46. The molecule has 0 bridgehead atoms. The van der Waals surface area contributed by atoms with Crippen molar-refractivity contribution in [2.75, 3.05) is 31.1 Å². The van der Waals surface area contributed by atoms with Crippen molar-refractivity contribution in [1.82, 2.24) is 34.4 Å². The van der Waals surface area contributed by atoms with Crippen molar-refractivity contribution in [1.29, 1.82) is 0 Å². The normalized spacial score (nSPS) is 14.2. The molecule has 0 saturated carbocycles. The second-order valence-electron chi connectivity index (χ2n) is 9.22. The monoisotopic (exact) mass is 580 g/mol. The molecule has 1 aliphatic rings. The molecule has 1 amide bonds. The number of nitrogens with zero attached hydrogens (tertiary/aromatic N) is 8. The molecule has 1 aliphatic heterocycles. The number of Topliss-reactive ketones (excluding diaryl/α,β-unsaturated/α-hetero) is 1. The zero-order valence-electron chi connectivity index (χ0n) is 21.2. The highest BCUT2D eigenvalue weighted by Crippen LogP contribution is 2.38. The Labute approximate surface area is 230 Å². The van der Waals surface area contributed by atoms with E-state index in [0.717, 1.165) is 33.6 Å². The number of hydrogen-bond acceptors (Lipinski definition) is 9. The van der Waals surface area contributed by atoms with Crippen molar-refractivity contribution < 1.29 is 32.9 Å². The van der Waals surface area contributed by atoms with Crippen LogP contribution in [0.5, 0.6) is 0 Å². The number of ketones is 1. The molecule has 4 heterocycles. The number of carbonyl (C=O) groups excluding carboxylic acids is 2. The number of piperazine rings is 1. The summed E-state index contributed by atoms with van der Waals surface area (Å²) in [6.45, 7) is 0.523. The van der Waals surface area contributed by atoms with Crippen LogP contribution in [0.1, 0.15) is 10.4 Å². The fraction of sp³-hybridized carbons (Fsp3) is 0.200. The summed E-state index contributed by atoms with van der Waals surface area (Å²) in [4.78, 5) is 57.4. The number of amides is 1. The third-order valence-corrected chi connectivity index (χ3v) is 7.26. The van der Waals surface area contributed by atoms with Crippen LogP contribution in [0.2, 0.25) is 0 Å². The molecule has 210 valence electrons. The van der Waals surface area contributed by atoms with Crippen molar-refractivity contribution in [2.24, 2.45) is 0 Å². The van der Waals surface area contributed by atoms with Gasteiger partial charge in [0.1, 0.15) is 24.7 Å². The Morgan fingerprint density at radius 1 is 1.05 bits per heavy atom. The number of anilines is 1. The molecular formula is C25H22FN8O6P. The van der Waals surface area contributed by atoms with Crippen LogP contribution in [-0.2, 0) is 20.6 Å². The van der Waals surface area contributed by atoms with E-state index in [-0.39, 0.29) is 35.2 Å². The molecule has 1 saturated heterocycles. The maximum Gasteiger partial charge on any atom is 0.471 e. The third kappa shape index (κ3) is 5.07. The predicted molar refractivity (Wildman–Crippen MR) is 143 cm³/mol. The summed E-state index contributed by atoms with van der Waals surface area (Å²) in [5.74, 6) is -1.89. The number of hydrogen-bond donors (Lipinski definition) is 2. The van der Waals surface area contributed by atoms with Crippen LogP contribution in [-0.4, -0.2) is 82.1 Å². The van der Waals surface area contributed by atoms with Crippen LogP contribution in [0.25, 0.3) is 27.5 Å². The molecule has 2 aromatic carbocycles. The minimum atomic E-state index is -4.92. The maximum atomic E-state index is 15.2. The van der Waals surface area contributed by atoms with Gasteiger partial charge in [-0.1, -0.05) is 17.3 Å². The number of para-hydroxylation sites is 1. The number of phosphoric ester groups is 1. The van der Waals surface area contributed by atoms with Gasteiger partial charge in [-0.15, -0.1) is 5.10 Å². The van der Waals surface area contributed by atoms with Gasteiger partial charge in [0.15, 0.2) is 0 Å². The molecule has 6 rings (SSSR count). The number of phosphoric acid groups is 1. The van der Waals surface area contributed by atoms with Crippen molar-refractivity contribution >= 4 is 47.1 Å². The van der Waals surface area contributed by atoms with Crippen LogP contribution in [0.15, 0.2) is 61.3 Å². The molecule has 2 N–H and O–H groups in total. The molecular weight excluding hydrogens is 558 g/mol. The smallest absolute Gasteiger partial charge is 0.352 e. The van der Waals surface area contributed by atoms with Gasteiger partial charge in [-0.25, -0.2) is 23.6 Å². The number of fused-ring (bicyclic) bond motifs is 2. The Morgan fingerprint density at radius 2 is 1.83 bits per heavy atom. The standard InChI is InChI=1S/C25H22FN8O6P/c26-18-5-6-20(34-8-7-29-30-34)22-21(18)17(13-33(22)15-40-41(37,38)39)23(35)25(36)32-11-9-31(10-12-32)24-16-3-1-2-4-19(16)27-14-28-24/h1-8,13-14H,9-12,15H2,(H2,37,38,39). The zero-order valence-corrected chi connectivity index (χ0v) is 22.1. The van der Waals surface area contributed by atoms with Gasteiger partial charge in [-0.2, -0.15) is 0 Å². The average Bonchev–Trinajstić information content (AvgIpc) is 3.64. The SMILES string of the molecule is O=C(C(=O)N1CCN(c2ncnc3ccccc23)CC1)c1cn(COP(=O)(O)O)c2c(-n3ccnn3)ccc(F)c12. The molecule has 0 spiro atoms. The molecule has 0 unspecified atom stereocenters. The molecule has 0 radical (unpaired) electrons. The van der Waals surface area contributed by atoms with Crippen LogP contribution in [0.3, 0.4) is 0 Å². The summed E-state index contributed by atoms with van der Waals surface area (Å²) in [5, 5.41) is 8.28. The molecule has 41 heavy (non-hydrogen) atoms. The number of carbonyl (C=O) groups is 2. The van der Waals surface area contributed by atoms with E-state index >= 15 is 4.39 Å². The minimum Gasteiger partial charge on any atom is -0.352 e. The Kier molecular flexibility index (Phi) is 6.79. The van der Waals surface area contributed by atoms with E-state index < -0.39 is 32.1 Å². The second kappa shape index (κ2) is 10.4. The van der Waals surface area contributed by atoms with E-state index in [1.54, 1.807) is 0 Å². The van der Waals surface area contributed by atoms with Crippen molar-refractivity contribution in [2.45, 2.75) is 6.73 Å². The lowest BCUT2D eigenvalue weighted by Crippen LogP contribution is -2.51. The van der Waals surface area contributed by atoms with Gasteiger partial charge in [0, 0.05) is 43.1 Å². The largest absolute Gasteiger partial charge is 0.471 e. The van der Waals surface area contributed by atoms with E-state index in [0.29, 0.717) is 13.1 Å². The van der Waals surface area contributed by atoms with E-state index in [1.165, 1.54) is 34.4 Å². The van der Waals surface area contributed by atoms with Crippen LogP contribution < -0.4 is 4.90 Å². The molecule has 0 atom stereocenters. The number of halogens is 1. The summed E-state index contributed by atoms with van der Waals surface area (Å²) in [6, 6.07) is 10.1. The number of aromatic nitrogens is 6. The van der Waals surface area contributed by atoms with Gasteiger partial charge in [0.2, 0.25) is 0 Å². The fourth-order valence-electron chi connectivity index (χ4n) is 4.94. The highest BCUT2D eigenvalue weighted by Gasteiger charge is 2.32. The van der Waals surface area contributed by atoms with Crippen LogP contribution in [0, 0.1) is 5.82 Å². The molecule has 14 nitrogen and oxygen atoms in total. The predicted octanol–water partition coefficient (Wildman–Crippen LogP) is 1.90. The lowest BCUT2D eigenvalue weighted by Gasteiger charge is -2.35. The summed E-state index contributed by atoms with van der Waals surface area (Å²) < 4.78 is 33.7. The first kappa shape index (κ1) is 26.7. The van der Waals surface area contributed by atoms with E-state index in [4.69, 9.17) is 0 Å². The average molecular weight is 580 g/mol. The van der Waals surface area contributed by atoms with Gasteiger partial charge in [0.25, 0.3) is 11.7 Å². The van der Waals surface area contributed by atoms with Gasteiger partial charge >= 0.3 is 7.82 Å². The summed E-state index contributed by atoms with van der Waals surface area (Å²) >= 11 is 0. The van der Waals surface area contributed by atoms with Crippen molar-refractivity contribution in [3.63, 3.8) is 0 Å². The first-order chi connectivity index (χ1) is 19.7. The van der Waals surface area contributed by atoms with Crippen LogP contribution in [0.4, 0.5) is 10.2 Å². The van der Waals surface area contributed by atoms with Gasteiger partial charge in [0.05, 0.1) is 34.7 Å². The van der Waals surface area contributed by atoms with E-state index in [9.17, 15) is 23.9 Å². The van der Waals surface area contributed by atoms with Crippen molar-refractivity contribution in [3.05, 3.63) is 72.7 Å². The van der Waals surface area contributed by atoms with E-state index in [1.807, 2.05) is 29.2 Å². The molecule has 0 aliphatic carbocycles. The molecule has 5 aromatic rings. The number of benzene rings is 2. The number of rotatable bonds is 7. The summed E-state index contributed by atoms with van der Waals surface area (Å²) in [5.41, 5.74) is 0.812. The Balaban J connectivity index is 1.30. The topological polar surface area (TPSA) is 169 Å². The Morgan fingerprint density at radius 3 is 2.56 bits per heavy atom.